The van der Waals surface area contributed by atoms with E-state index in [-0.39, 0.29) is 0 Å². The van der Waals surface area contributed by atoms with E-state index >= 15 is 0 Å². The Morgan fingerprint density at radius 3 is 1.89 bits per heavy atom. The third-order valence-electron chi connectivity index (χ3n) is 9.32. The van der Waals surface area contributed by atoms with Gasteiger partial charge in [-0.15, -0.1) is 0 Å². The average molecular weight is 561 g/mol. The van der Waals surface area contributed by atoms with Crippen LogP contribution in [-0.4, -0.2) is 9.55 Å². The molecule has 8 aromatic rings. The highest BCUT2D eigenvalue weighted by molar-refractivity contribution is 6.09. The van der Waals surface area contributed by atoms with Gasteiger partial charge in [-0.05, 0) is 81.4 Å². The lowest BCUT2D eigenvalue weighted by Gasteiger charge is -2.32. The number of pyridine rings is 1. The number of rotatable bonds is 4. The van der Waals surface area contributed by atoms with Gasteiger partial charge in [0.2, 0.25) is 0 Å². The molecule has 1 unspecified atom stereocenters. The summed E-state index contributed by atoms with van der Waals surface area (Å²) >= 11 is 0. The number of nitrogens with zero attached hydrogens (tertiary/aromatic N) is 2. The molecule has 0 aliphatic heterocycles. The first kappa shape index (κ1) is 24.8. The summed E-state index contributed by atoms with van der Waals surface area (Å²) in [7, 11) is 0. The first-order valence-electron chi connectivity index (χ1n) is 15.1. The Hall–Kier alpha value is -5.73. The Morgan fingerprint density at radius 1 is 0.455 bits per heavy atom. The van der Waals surface area contributed by atoms with E-state index in [9.17, 15) is 0 Å². The Kier molecular flexibility index (Phi) is 5.45. The van der Waals surface area contributed by atoms with E-state index < -0.39 is 5.41 Å². The third-order valence-corrected chi connectivity index (χ3v) is 9.32. The minimum Gasteiger partial charge on any atom is -0.309 e. The monoisotopic (exact) mass is 560 g/mol. The molecule has 0 fully saturated rings. The molecule has 0 saturated carbocycles. The summed E-state index contributed by atoms with van der Waals surface area (Å²) in [5.41, 5.74) is 12.8. The molecule has 6 aromatic carbocycles. The maximum Gasteiger partial charge on any atom is 0.0885 e. The third kappa shape index (κ3) is 3.46. The molecule has 0 saturated heterocycles. The largest absolute Gasteiger partial charge is 0.309 e. The average Bonchev–Trinajstić information content (AvgIpc) is 3.60. The van der Waals surface area contributed by atoms with Crippen molar-refractivity contribution in [3.8, 4) is 27.9 Å². The van der Waals surface area contributed by atoms with Crippen molar-refractivity contribution in [1.29, 1.82) is 0 Å². The van der Waals surface area contributed by atoms with E-state index in [1.807, 2.05) is 12.3 Å². The molecule has 0 amide bonds. The minimum absolute atomic E-state index is 0.488. The number of para-hydroxylation sites is 2. The van der Waals surface area contributed by atoms with Crippen molar-refractivity contribution in [2.75, 3.05) is 0 Å². The molecule has 9 rings (SSSR count). The fourth-order valence-electron chi connectivity index (χ4n) is 7.50. The van der Waals surface area contributed by atoms with Crippen molar-refractivity contribution in [3.05, 3.63) is 192 Å². The second-order valence-electron chi connectivity index (χ2n) is 11.6. The molecular weight excluding hydrogens is 532 g/mol. The summed E-state index contributed by atoms with van der Waals surface area (Å²) < 4.78 is 2.39. The molecule has 2 nitrogen and oxygen atoms in total. The van der Waals surface area contributed by atoms with Crippen LogP contribution in [0.2, 0.25) is 0 Å². The summed E-state index contributed by atoms with van der Waals surface area (Å²) in [6.07, 6.45) is 1.91. The van der Waals surface area contributed by atoms with Gasteiger partial charge >= 0.3 is 0 Å². The normalized spacial score (nSPS) is 15.4. The summed E-state index contributed by atoms with van der Waals surface area (Å²) in [5, 5.41) is 2.55. The lowest BCUT2D eigenvalue weighted by Crippen LogP contribution is -2.29. The van der Waals surface area contributed by atoms with Crippen LogP contribution in [0.3, 0.4) is 0 Å². The van der Waals surface area contributed by atoms with Gasteiger partial charge in [0, 0.05) is 22.7 Å². The van der Waals surface area contributed by atoms with Crippen molar-refractivity contribution in [3.63, 3.8) is 0 Å². The predicted octanol–water partition coefficient (Wildman–Crippen LogP) is 10.2. The van der Waals surface area contributed by atoms with Crippen molar-refractivity contribution < 1.29 is 0 Å². The van der Waals surface area contributed by atoms with Gasteiger partial charge in [0.1, 0.15) is 0 Å². The minimum atomic E-state index is -0.488. The zero-order valence-corrected chi connectivity index (χ0v) is 24.1. The first-order chi connectivity index (χ1) is 21.8. The second kappa shape index (κ2) is 9.65. The topological polar surface area (TPSA) is 17.8 Å². The molecule has 0 radical (unpaired) electrons. The molecule has 0 N–H and O–H groups in total. The van der Waals surface area contributed by atoms with Gasteiger partial charge in [0.15, 0.2) is 0 Å². The molecule has 1 aliphatic carbocycles. The fraction of sp³-hybridized carbons (Fsp3) is 0.0238. The smallest absolute Gasteiger partial charge is 0.0885 e. The SMILES string of the molecule is c1ccc(C2(c3ccccn3)c3ccccc3-c3cc(-c4cccc(-n5c6ccccc6c6ccccc65)c4)ccc32)cc1. The number of hydrogen-bond acceptors (Lipinski definition) is 1. The fourth-order valence-corrected chi connectivity index (χ4v) is 7.50. The summed E-state index contributed by atoms with van der Waals surface area (Å²) in [6, 6.07) is 59.3. The molecule has 2 aromatic heterocycles. The molecular formula is C42H28N2. The standard InChI is InChI=1S/C42H28N2/c1-2-14-31(15-3-1)42(41-23-10-11-26-43-41)37-20-7-4-17-33(37)36-28-30(24-25-38(36)42)29-13-12-16-32(27-29)44-39-21-8-5-18-34(39)35-19-6-9-22-40(35)44/h1-28H. The highest BCUT2D eigenvalue weighted by atomic mass is 15.0. The Balaban J connectivity index is 1.26. The number of aromatic nitrogens is 2. The van der Waals surface area contributed by atoms with Crippen molar-refractivity contribution >= 4 is 21.8 Å². The van der Waals surface area contributed by atoms with Gasteiger partial charge < -0.3 is 4.57 Å². The first-order valence-corrected chi connectivity index (χ1v) is 15.1. The van der Waals surface area contributed by atoms with Gasteiger partial charge in [0.05, 0.1) is 22.1 Å². The summed E-state index contributed by atoms with van der Waals surface area (Å²) in [6.45, 7) is 0. The summed E-state index contributed by atoms with van der Waals surface area (Å²) in [5.74, 6) is 0. The zero-order chi connectivity index (χ0) is 29.1. The van der Waals surface area contributed by atoms with Crippen LogP contribution >= 0.6 is 0 Å². The Labute approximate surface area is 256 Å². The van der Waals surface area contributed by atoms with E-state index in [0.29, 0.717) is 0 Å². The van der Waals surface area contributed by atoms with Crippen LogP contribution in [0.5, 0.6) is 0 Å². The van der Waals surface area contributed by atoms with Gasteiger partial charge in [-0.25, -0.2) is 0 Å². The molecule has 1 atom stereocenters. The van der Waals surface area contributed by atoms with Crippen molar-refractivity contribution in [2.24, 2.45) is 0 Å². The second-order valence-corrected chi connectivity index (χ2v) is 11.6. The number of benzene rings is 6. The van der Waals surface area contributed by atoms with E-state index in [4.69, 9.17) is 4.98 Å². The Morgan fingerprint density at radius 2 is 1.11 bits per heavy atom. The van der Waals surface area contributed by atoms with E-state index in [2.05, 4.69) is 162 Å². The van der Waals surface area contributed by atoms with E-state index in [1.165, 1.54) is 60.8 Å². The maximum atomic E-state index is 4.97. The van der Waals surface area contributed by atoms with Crippen LogP contribution in [0.1, 0.15) is 22.4 Å². The van der Waals surface area contributed by atoms with E-state index in [1.54, 1.807) is 0 Å². The van der Waals surface area contributed by atoms with Crippen LogP contribution in [0.25, 0.3) is 49.7 Å². The van der Waals surface area contributed by atoms with Crippen molar-refractivity contribution in [1.82, 2.24) is 9.55 Å². The highest BCUT2D eigenvalue weighted by Crippen LogP contribution is 2.56. The van der Waals surface area contributed by atoms with Crippen LogP contribution in [0.15, 0.2) is 170 Å². The molecule has 2 heteroatoms. The van der Waals surface area contributed by atoms with Crippen molar-refractivity contribution in [2.45, 2.75) is 5.41 Å². The molecule has 1 aliphatic rings. The maximum absolute atomic E-state index is 4.97. The number of hydrogen-bond donors (Lipinski definition) is 0. The van der Waals surface area contributed by atoms with Crippen LogP contribution in [0.4, 0.5) is 0 Å². The predicted molar refractivity (Wildman–Crippen MR) is 181 cm³/mol. The van der Waals surface area contributed by atoms with Crippen LogP contribution in [0, 0.1) is 0 Å². The van der Waals surface area contributed by atoms with Gasteiger partial charge in [-0.1, -0.05) is 121 Å². The summed E-state index contributed by atoms with van der Waals surface area (Å²) in [4.78, 5) is 4.97. The molecule has 0 bridgehead atoms. The van der Waals surface area contributed by atoms with Gasteiger partial charge in [0.25, 0.3) is 0 Å². The highest BCUT2D eigenvalue weighted by Gasteiger charge is 2.47. The molecule has 206 valence electrons. The lowest BCUT2D eigenvalue weighted by atomic mass is 9.70. The molecule has 44 heavy (non-hydrogen) atoms. The molecule has 2 heterocycles. The number of fused-ring (bicyclic) bond motifs is 6. The zero-order valence-electron chi connectivity index (χ0n) is 24.1. The quantitative estimate of drug-likeness (QED) is 0.209. The van der Waals surface area contributed by atoms with Crippen LogP contribution < -0.4 is 0 Å². The Bertz CT molecular complexity index is 2240. The van der Waals surface area contributed by atoms with Crippen LogP contribution in [-0.2, 0) is 5.41 Å². The molecule has 0 spiro atoms. The van der Waals surface area contributed by atoms with Gasteiger partial charge in [-0.2, -0.15) is 0 Å². The lowest BCUT2D eigenvalue weighted by molar-refractivity contribution is 0.735. The van der Waals surface area contributed by atoms with Gasteiger partial charge in [-0.3, -0.25) is 4.98 Å². The van der Waals surface area contributed by atoms with E-state index in [0.717, 1.165) is 11.4 Å².